The normalized spacial score (nSPS) is 13.2. The standard InChI is InChI=1S/C13H17F2NO2/c1-13(2,3)18-11(17)7-10(16)12-8(14)5-4-6-9(12)15/h4-6,10H,7,16H2,1-3H3. The molecule has 0 aliphatic rings. The molecule has 0 fully saturated rings. The van der Waals surface area contributed by atoms with Crippen molar-refractivity contribution in [2.24, 2.45) is 5.73 Å². The highest BCUT2D eigenvalue weighted by atomic mass is 19.1. The molecule has 0 radical (unpaired) electrons. The summed E-state index contributed by atoms with van der Waals surface area (Å²) >= 11 is 0. The van der Waals surface area contributed by atoms with Crippen LogP contribution in [0.4, 0.5) is 8.78 Å². The Morgan fingerprint density at radius 1 is 1.33 bits per heavy atom. The van der Waals surface area contributed by atoms with Gasteiger partial charge in [-0.3, -0.25) is 4.79 Å². The highest BCUT2D eigenvalue weighted by Gasteiger charge is 2.23. The molecule has 0 spiro atoms. The van der Waals surface area contributed by atoms with Crippen LogP contribution in [0.5, 0.6) is 0 Å². The highest BCUT2D eigenvalue weighted by Crippen LogP contribution is 2.22. The van der Waals surface area contributed by atoms with Crippen LogP contribution in [-0.4, -0.2) is 11.6 Å². The second-order valence-corrected chi connectivity index (χ2v) is 5.03. The fourth-order valence-corrected chi connectivity index (χ4v) is 1.53. The number of carbonyl (C=O) groups excluding carboxylic acids is 1. The Labute approximate surface area is 105 Å². The summed E-state index contributed by atoms with van der Waals surface area (Å²) in [7, 11) is 0. The SMILES string of the molecule is CC(C)(C)OC(=O)CC(N)c1c(F)cccc1F. The maximum atomic E-state index is 13.4. The lowest BCUT2D eigenvalue weighted by atomic mass is 10.0. The van der Waals surface area contributed by atoms with Crippen LogP contribution in [0.2, 0.25) is 0 Å². The van der Waals surface area contributed by atoms with Gasteiger partial charge in [0.2, 0.25) is 0 Å². The topological polar surface area (TPSA) is 52.3 Å². The van der Waals surface area contributed by atoms with Crippen molar-refractivity contribution < 1.29 is 18.3 Å². The molecule has 0 aromatic heterocycles. The zero-order chi connectivity index (χ0) is 13.9. The van der Waals surface area contributed by atoms with E-state index in [2.05, 4.69) is 0 Å². The Kier molecular flexibility index (Phi) is 4.40. The molecule has 0 saturated carbocycles. The highest BCUT2D eigenvalue weighted by molar-refractivity contribution is 5.71. The number of esters is 1. The van der Waals surface area contributed by atoms with Crippen LogP contribution in [0, 0.1) is 11.6 Å². The third-order valence-electron chi connectivity index (χ3n) is 2.18. The minimum Gasteiger partial charge on any atom is -0.460 e. The van der Waals surface area contributed by atoms with Crippen LogP contribution in [0.3, 0.4) is 0 Å². The number of benzene rings is 1. The van der Waals surface area contributed by atoms with Gasteiger partial charge in [0, 0.05) is 11.6 Å². The van der Waals surface area contributed by atoms with Crippen molar-refractivity contribution in [2.75, 3.05) is 0 Å². The summed E-state index contributed by atoms with van der Waals surface area (Å²) in [6.07, 6.45) is -0.269. The first-order valence-corrected chi connectivity index (χ1v) is 5.62. The third kappa shape index (κ3) is 4.07. The molecule has 1 rings (SSSR count). The van der Waals surface area contributed by atoms with Crippen LogP contribution in [0.1, 0.15) is 38.8 Å². The van der Waals surface area contributed by atoms with Gasteiger partial charge in [-0.1, -0.05) is 6.07 Å². The molecule has 5 heteroatoms. The second kappa shape index (κ2) is 5.44. The van der Waals surface area contributed by atoms with E-state index in [4.69, 9.17) is 10.5 Å². The van der Waals surface area contributed by atoms with E-state index in [9.17, 15) is 13.6 Å². The number of halogens is 2. The maximum Gasteiger partial charge on any atom is 0.308 e. The summed E-state index contributed by atoms with van der Waals surface area (Å²) in [5.74, 6) is -2.10. The van der Waals surface area contributed by atoms with Gasteiger partial charge in [-0.05, 0) is 32.9 Å². The number of carbonyl (C=O) groups is 1. The summed E-state index contributed by atoms with van der Waals surface area (Å²) in [6, 6.07) is 2.40. The Balaban J connectivity index is 2.77. The molecule has 0 aliphatic heterocycles. The fourth-order valence-electron chi connectivity index (χ4n) is 1.53. The smallest absolute Gasteiger partial charge is 0.308 e. The van der Waals surface area contributed by atoms with E-state index in [0.717, 1.165) is 12.1 Å². The summed E-state index contributed by atoms with van der Waals surface area (Å²) in [4.78, 5) is 11.5. The predicted octanol–water partition coefficient (Wildman–Crippen LogP) is 2.70. The summed E-state index contributed by atoms with van der Waals surface area (Å²) in [5.41, 5.74) is 4.70. The first kappa shape index (κ1) is 14.6. The Bertz CT molecular complexity index is 421. The van der Waals surface area contributed by atoms with E-state index in [1.165, 1.54) is 6.07 Å². The molecule has 0 aliphatic carbocycles. The van der Waals surface area contributed by atoms with Crippen molar-refractivity contribution in [1.82, 2.24) is 0 Å². The zero-order valence-electron chi connectivity index (χ0n) is 10.7. The molecule has 1 aromatic rings. The van der Waals surface area contributed by atoms with Gasteiger partial charge in [-0.25, -0.2) is 8.78 Å². The lowest BCUT2D eigenvalue weighted by Crippen LogP contribution is -2.27. The van der Waals surface area contributed by atoms with Crippen molar-refractivity contribution in [1.29, 1.82) is 0 Å². The summed E-state index contributed by atoms with van der Waals surface area (Å²) in [6.45, 7) is 5.13. The quantitative estimate of drug-likeness (QED) is 0.847. The summed E-state index contributed by atoms with van der Waals surface area (Å²) in [5, 5.41) is 0. The zero-order valence-corrected chi connectivity index (χ0v) is 10.7. The van der Waals surface area contributed by atoms with Gasteiger partial charge in [0.25, 0.3) is 0 Å². The van der Waals surface area contributed by atoms with Crippen LogP contribution in [0.15, 0.2) is 18.2 Å². The minimum atomic E-state index is -1.05. The molecular formula is C13H17F2NO2. The van der Waals surface area contributed by atoms with Crippen LogP contribution >= 0.6 is 0 Å². The minimum absolute atomic E-state index is 0.269. The van der Waals surface area contributed by atoms with E-state index < -0.39 is 29.2 Å². The van der Waals surface area contributed by atoms with Crippen molar-refractivity contribution in [3.05, 3.63) is 35.4 Å². The van der Waals surface area contributed by atoms with E-state index in [1.807, 2.05) is 0 Å². The average molecular weight is 257 g/mol. The largest absolute Gasteiger partial charge is 0.460 e. The van der Waals surface area contributed by atoms with Gasteiger partial charge in [-0.15, -0.1) is 0 Å². The van der Waals surface area contributed by atoms with Crippen LogP contribution in [0.25, 0.3) is 0 Å². The lowest BCUT2D eigenvalue weighted by Gasteiger charge is -2.21. The molecular weight excluding hydrogens is 240 g/mol. The van der Waals surface area contributed by atoms with Crippen LogP contribution < -0.4 is 5.73 Å². The van der Waals surface area contributed by atoms with Crippen molar-refractivity contribution in [2.45, 2.75) is 38.8 Å². The van der Waals surface area contributed by atoms with Gasteiger partial charge in [0.1, 0.15) is 17.2 Å². The molecule has 0 saturated heterocycles. The first-order chi connectivity index (χ1) is 8.20. The number of hydrogen-bond donors (Lipinski definition) is 1. The maximum absolute atomic E-state index is 13.4. The Morgan fingerprint density at radius 2 is 1.83 bits per heavy atom. The van der Waals surface area contributed by atoms with Gasteiger partial charge in [-0.2, -0.15) is 0 Å². The van der Waals surface area contributed by atoms with Gasteiger partial charge < -0.3 is 10.5 Å². The monoisotopic (exact) mass is 257 g/mol. The van der Waals surface area contributed by atoms with Crippen molar-refractivity contribution >= 4 is 5.97 Å². The molecule has 2 N–H and O–H groups in total. The molecule has 1 atom stereocenters. The molecule has 0 bridgehead atoms. The molecule has 18 heavy (non-hydrogen) atoms. The second-order valence-electron chi connectivity index (χ2n) is 5.03. The van der Waals surface area contributed by atoms with Gasteiger partial charge >= 0.3 is 5.97 Å². The predicted molar refractivity (Wildman–Crippen MR) is 63.7 cm³/mol. The lowest BCUT2D eigenvalue weighted by molar-refractivity contribution is -0.155. The molecule has 3 nitrogen and oxygen atoms in total. The van der Waals surface area contributed by atoms with E-state index >= 15 is 0 Å². The molecule has 0 amide bonds. The first-order valence-electron chi connectivity index (χ1n) is 5.62. The number of rotatable bonds is 3. The average Bonchev–Trinajstić information content (AvgIpc) is 2.13. The molecule has 0 heterocycles. The van der Waals surface area contributed by atoms with E-state index in [0.29, 0.717) is 0 Å². The molecule has 1 aromatic carbocycles. The Morgan fingerprint density at radius 3 is 2.28 bits per heavy atom. The van der Waals surface area contributed by atoms with Crippen molar-refractivity contribution in [3.8, 4) is 0 Å². The van der Waals surface area contributed by atoms with Crippen molar-refractivity contribution in [3.63, 3.8) is 0 Å². The Hall–Kier alpha value is -1.49. The van der Waals surface area contributed by atoms with Gasteiger partial charge in [0.15, 0.2) is 0 Å². The summed E-state index contributed by atoms with van der Waals surface area (Å²) < 4.78 is 31.9. The molecule has 1 unspecified atom stereocenters. The number of ether oxygens (including phenoxy) is 1. The number of hydrogen-bond acceptors (Lipinski definition) is 3. The molecule has 100 valence electrons. The third-order valence-corrected chi connectivity index (χ3v) is 2.18. The van der Waals surface area contributed by atoms with Crippen LogP contribution in [-0.2, 0) is 9.53 Å². The van der Waals surface area contributed by atoms with E-state index in [-0.39, 0.29) is 12.0 Å². The van der Waals surface area contributed by atoms with Gasteiger partial charge in [0.05, 0.1) is 6.42 Å². The number of nitrogens with two attached hydrogens (primary N) is 1. The van der Waals surface area contributed by atoms with E-state index in [1.54, 1.807) is 20.8 Å². The fraction of sp³-hybridized carbons (Fsp3) is 0.462.